The molecule has 27 heavy (non-hydrogen) atoms. The van der Waals surface area contributed by atoms with E-state index in [1.807, 2.05) is 66.2 Å². The minimum absolute atomic E-state index is 0.0353. The highest BCUT2D eigenvalue weighted by molar-refractivity contribution is 5.95. The van der Waals surface area contributed by atoms with Gasteiger partial charge in [-0.15, -0.1) is 0 Å². The van der Waals surface area contributed by atoms with E-state index in [1.165, 1.54) is 6.33 Å². The van der Waals surface area contributed by atoms with Gasteiger partial charge in [-0.3, -0.25) is 4.79 Å². The Labute approximate surface area is 155 Å². The van der Waals surface area contributed by atoms with Crippen LogP contribution in [0, 0.1) is 6.92 Å². The number of ether oxygens (including phenoxy) is 1. The van der Waals surface area contributed by atoms with Crippen molar-refractivity contribution in [1.29, 1.82) is 0 Å². The second-order valence-corrected chi connectivity index (χ2v) is 6.23. The zero-order valence-corrected chi connectivity index (χ0v) is 14.8. The zero-order valence-electron chi connectivity index (χ0n) is 14.8. The Morgan fingerprint density at radius 3 is 2.70 bits per heavy atom. The van der Waals surface area contributed by atoms with Crippen molar-refractivity contribution < 1.29 is 9.84 Å². The van der Waals surface area contributed by atoms with Gasteiger partial charge in [-0.25, -0.2) is 4.98 Å². The number of nitrogens with zero attached hydrogens (tertiary/aromatic N) is 2. The third-order valence-electron chi connectivity index (χ3n) is 4.47. The van der Waals surface area contributed by atoms with Gasteiger partial charge in [0.2, 0.25) is 0 Å². The summed E-state index contributed by atoms with van der Waals surface area (Å²) in [5, 5.41) is 9.47. The normalized spacial score (nSPS) is 11.0. The summed E-state index contributed by atoms with van der Waals surface area (Å²) in [6, 6.07) is 15.5. The van der Waals surface area contributed by atoms with Crippen molar-refractivity contribution in [3.63, 3.8) is 0 Å². The minimum atomic E-state index is -0.176. The van der Waals surface area contributed by atoms with E-state index in [-0.39, 0.29) is 18.8 Å². The first-order valence-corrected chi connectivity index (χ1v) is 8.68. The molecule has 0 amide bonds. The van der Waals surface area contributed by atoms with Crippen LogP contribution in [0.1, 0.15) is 5.56 Å². The Kier molecular flexibility index (Phi) is 4.48. The summed E-state index contributed by atoms with van der Waals surface area (Å²) >= 11 is 0. The molecule has 0 saturated heterocycles. The topological polar surface area (TPSA) is 80.1 Å². The molecular formula is C21H19N3O3. The number of fused-ring (bicyclic) bond motifs is 1. The molecule has 2 aromatic carbocycles. The van der Waals surface area contributed by atoms with Crippen LogP contribution < -0.4 is 10.3 Å². The van der Waals surface area contributed by atoms with E-state index < -0.39 is 0 Å². The van der Waals surface area contributed by atoms with Crippen LogP contribution in [0.3, 0.4) is 0 Å². The monoisotopic (exact) mass is 361 g/mol. The van der Waals surface area contributed by atoms with Crippen LogP contribution in [0.15, 0.2) is 65.8 Å². The molecule has 4 rings (SSSR count). The van der Waals surface area contributed by atoms with Gasteiger partial charge < -0.3 is 19.4 Å². The number of aliphatic hydroxyl groups excluding tert-OH is 1. The lowest BCUT2D eigenvalue weighted by Gasteiger charge is -2.09. The molecular weight excluding hydrogens is 342 g/mol. The van der Waals surface area contributed by atoms with E-state index in [9.17, 15) is 4.79 Å². The number of rotatable bonds is 5. The van der Waals surface area contributed by atoms with Crippen molar-refractivity contribution in [2.24, 2.45) is 0 Å². The highest BCUT2D eigenvalue weighted by Gasteiger charge is 2.17. The Morgan fingerprint density at radius 2 is 1.96 bits per heavy atom. The molecule has 136 valence electrons. The lowest BCUT2D eigenvalue weighted by Crippen LogP contribution is -2.07. The standard InChI is InChI=1S/C21H19N3O3/c1-14-11-16(27-10-9-25)7-8-17(14)18-12-24(15-5-3-2-4-6-15)20-19(18)21(26)23-13-22-20/h2-8,11-13,25H,9-10H2,1H3,(H,22,23,26). The number of aromatic nitrogens is 3. The van der Waals surface area contributed by atoms with Crippen LogP contribution in [0.4, 0.5) is 0 Å². The maximum Gasteiger partial charge on any atom is 0.260 e. The van der Waals surface area contributed by atoms with Gasteiger partial charge >= 0.3 is 0 Å². The maximum atomic E-state index is 12.6. The van der Waals surface area contributed by atoms with Gasteiger partial charge in [0.1, 0.15) is 12.4 Å². The lowest BCUT2D eigenvalue weighted by molar-refractivity contribution is 0.201. The van der Waals surface area contributed by atoms with Gasteiger partial charge in [-0.05, 0) is 42.3 Å². The number of aromatic amines is 1. The largest absolute Gasteiger partial charge is 0.491 e. The Balaban J connectivity index is 1.91. The van der Waals surface area contributed by atoms with Crippen molar-refractivity contribution in [2.45, 2.75) is 6.92 Å². The summed E-state index contributed by atoms with van der Waals surface area (Å²) in [5.41, 5.74) is 4.09. The van der Waals surface area contributed by atoms with Gasteiger partial charge in [0.15, 0.2) is 5.65 Å². The molecule has 0 saturated carbocycles. The van der Waals surface area contributed by atoms with Crippen molar-refractivity contribution in [3.8, 4) is 22.6 Å². The van der Waals surface area contributed by atoms with Crippen LogP contribution >= 0.6 is 0 Å². The molecule has 6 nitrogen and oxygen atoms in total. The van der Waals surface area contributed by atoms with Gasteiger partial charge in [-0.2, -0.15) is 0 Å². The first-order chi connectivity index (χ1) is 13.2. The van der Waals surface area contributed by atoms with Gasteiger partial charge in [0.05, 0.1) is 18.3 Å². The summed E-state index contributed by atoms with van der Waals surface area (Å²) in [5.74, 6) is 0.684. The number of nitrogens with one attached hydrogen (secondary N) is 1. The number of benzene rings is 2. The highest BCUT2D eigenvalue weighted by atomic mass is 16.5. The van der Waals surface area contributed by atoms with Gasteiger partial charge in [-0.1, -0.05) is 24.3 Å². The average Bonchev–Trinajstić information content (AvgIpc) is 3.08. The van der Waals surface area contributed by atoms with E-state index in [0.29, 0.717) is 16.8 Å². The molecule has 0 radical (unpaired) electrons. The highest BCUT2D eigenvalue weighted by Crippen LogP contribution is 2.33. The molecule has 2 aromatic heterocycles. The van der Waals surface area contributed by atoms with E-state index in [4.69, 9.17) is 9.84 Å². The first kappa shape index (κ1) is 17.1. The third kappa shape index (κ3) is 3.11. The quantitative estimate of drug-likeness (QED) is 0.572. The Bertz CT molecular complexity index is 1150. The molecule has 0 aliphatic carbocycles. The smallest absolute Gasteiger partial charge is 0.260 e. The average molecular weight is 361 g/mol. The molecule has 2 heterocycles. The van der Waals surface area contributed by atoms with Crippen LogP contribution in [-0.4, -0.2) is 32.9 Å². The van der Waals surface area contributed by atoms with Gasteiger partial charge in [0, 0.05) is 17.4 Å². The molecule has 0 bridgehead atoms. The zero-order chi connectivity index (χ0) is 18.8. The van der Waals surface area contributed by atoms with E-state index in [2.05, 4.69) is 9.97 Å². The predicted molar refractivity (Wildman–Crippen MR) is 104 cm³/mol. The number of hydrogen-bond acceptors (Lipinski definition) is 4. The molecule has 0 spiro atoms. The fourth-order valence-corrected chi connectivity index (χ4v) is 3.25. The van der Waals surface area contributed by atoms with Gasteiger partial charge in [0.25, 0.3) is 5.56 Å². The van der Waals surface area contributed by atoms with Crippen LogP contribution in [0.2, 0.25) is 0 Å². The molecule has 0 unspecified atom stereocenters. The van der Waals surface area contributed by atoms with Crippen molar-refractivity contribution in [1.82, 2.24) is 14.5 Å². The summed E-state index contributed by atoms with van der Waals surface area (Å²) < 4.78 is 7.40. The molecule has 0 aliphatic heterocycles. The predicted octanol–water partition coefficient (Wildman–Crippen LogP) is 3.06. The molecule has 0 fully saturated rings. The van der Waals surface area contributed by atoms with Crippen molar-refractivity contribution >= 4 is 11.0 Å². The maximum absolute atomic E-state index is 12.6. The molecule has 6 heteroatoms. The molecule has 4 aromatic rings. The SMILES string of the molecule is Cc1cc(OCCO)ccc1-c1cn(-c2ccccc2)c2nc[nH]c(=O)c12. The third-order valence-corrected chi connectivity index (χ3v) is 4.47. The molecule has 0 atom stereocenters. The number of hydrogen-bond donors (Lipinski definition) is 2. The van der Waals surface area contributed by atoms with Crippen LogP contribution in [0.25, 0.3) is 27.8 Å². The fourth-order valence-electron chi connectivity index (χ4n) is 3.25. The summed E-state index contributed by atoms with van der Waals surface area (Å²) in [7, 11) is 0. The van der Waals surface area contributed by atoms with Crippen LogP contribution in [0.5, 0.6) is 5.75 Å². The summed E-state index contributed by atoms with van der Waals surface area (Å²) in [4.78, 5) is 19.7. The summed E-state index contributed by atoms with van der Waals surface area (Å²) in [6.07, 6.45) is 3.37. The Morgan fingerprint density at radius 1 is 1.15 bits per heavy atom. The first-order valence-electron chi connectivity index (χ1n) is 8.68. The van der Waals surface area contributed by atoms with E-state index >= 15 is 0 Å². The summed E-state index contributed by atoms with van der Waals surface area (Å²) in [6.45, 7) is 2.18. The Hall–Kier alpha value is -3.38. The van der Waals surface area contributed by atoms with Crippen molar-refractivity contribution in [3.05, 3.63) is 77.0 Å². The lowest BCUT2D eigenvalue weighted by atomic mass is 10.0. The second kappa shape index (κ2) is 7.09. The van der Waals surface area contributed by atoms with Crippen LogP contribution in [-0.2, 0) is 0 Å². The number of H-pyrrole nitrogens is 1. The molecule has 0 aliphatic rings. The minimum Gasteiger partial charge on any atom is -0.491 e. The van der Waals surface area contributed by atoms with E-state index in [1.54, 1.807) is 0 Å². The number of para-hydroxylation sites is 1. The fraction of sp³-hybridized carbons (Fsp3) is 0.143. The van der Waals surface area contributed by atoms with Crippen molar-refractivity contribution in [2.75, 3.05) is 13.2 Å². The number of aliphatic hydroxyl groups is 1. The second-order valence-electron chi connectivity index (χ2n) is 6.23. The number of aryl methyl sites for hydroxylation is 1. The molecule has 2 N–H and O–H groups in total. The van der Waals surface area contributed by atoms with E-state index in [0.717, 1.165) is 22.4 Å².